The van der Waals surface area contributed by atoms with E-state index in [1.54, 1.807) is 54.6 Å². The van der Waals surface area contributed by atoms with Gasteiger partial charge in [-0.25, -0.2) is 0 Å². The van der Waals surface area contributed by atoms with Crippen LogP contribution in [0.1, 0.15) is 22.0 Å². The van der Waals surface area contributed by atoms with Crippen LogP contribution in [-0.4, -0.2) is 27.9 Å². The average molecular weight is 498 g/mol. The first-order valence-electron chi connectivity index (χ1n) is 9.28. The van der Waals surface area contributed by atoms with Crippen molar-refractivity contribution in [3.63, 3.8) is 0 Å². The number of ketones is 1. The van der Waals surface area contributed by atoms with Gasteiger partial charge in [0.05, 0.1) is 12.0 Å². The molecule has 1 aliphatic heterocycles. The first-order valence-corrected chi connectivity index (χ1v) is 10.9. The van der Waals surface area contributed by atoms with Crippen LogP contribution in [0, 0.1) is 0 Å². The van der Waals surface area contributed by atoms with Crippen LogP contribution in [0.5, 0.6) is 0 Å². The molecule has 1 aromatic heterocycles. The van der Waals surface area contributed by atoms with E-state index >= 15 is 0 Å². The van der Waals surface area contributed by atoms with Gasteiger partial charge in [0.15, 0.2) is 0 Å². The van der Waals surface area contributed by atoms with Crippen LogP contribution in [-0.2, 0) is 20.8 Å². The van der Waals surface area contributed by atoms with E-state index in [-0.39, 0.29) is 17.8 Å². The Hall–Kier alpha value is -3.23. The van der Waals surface area contributed by atoms with E-state index in [2.05, 4.69) is 15.9 Å². The molecule has 3 aromatic rings. The molecule has 1 aliphatic rings. The number of aliphatic hydroxyl groups excluding tert-OH is 1. The molecule has 8 heteroatoms. The molecule has 1 fully saturated rings. The number of hydrogen-bond donors (Lipinski definition) is 2. The zero-order valence-electron chi connectivity index (χ0n) is 16.0. The van der Waals surface area contributed by atoms with E-state index in [1.165, 1.54) is 16.2 Å². The molecule has 2 heterocycles. The van der Waals surface area contributed by atoms with Crippen LogP contribution in [0.3, 0.4) is 0 Å². The number of carboxylic acids is 1. The van der Waals surface area contributed by atoms with Gasteiger partial charge in [0.2, 0.25) is 0 Å². The molecule has 0 spiro atoms. The Labute approximate surface area is 190 Å². The van der Waals surface area contributed by atoms with Crippen molar-refractivity contribution in [2.24, 2.45) is 0 Å². The first kappa shape index (κ1) is 21.0. The summed E-state index contributed by atoms with van der Waals surface area (Å²) in [7, 11) is 0. The van der Waals surface area contributed by atoms with E-state index in [0.717, 1.165) is 4.47 Å². The molecule has 0 saturated carbocycles. The highest BCUT2D eigenvalue weighted by Gasteiger charge is 2.47. The van der Waals surface area contributed by atoms with Gasteiger partial charge in [-0.1, -0.05) is 42.5 Å². The lowest BCUT2D eigenvalue weighted by molar-refractivity contribution is -0.136. The Balaban J connectivity index is 1.85. The number of aliphatic hydroxyl groups is 1. The molecule has 4 rings (SSSR count). The van der Waals surface area contributed by atoms with Crippen molar-refractivity contribution < 1.29 is 24.6 Å². The predicted octanol–water partition coefficient (Wildman–Crippen LogP) is 4.76. The summed E-state index contributed by atoms with van der Waals surface area (Å²) in [5.74, 6) is -2.72. The van der Waals surface area contributed by atoms with E-state index in [4.69, 9.17) is 5.11 Å². The molecule has 2 aromatic carbocycles. The van der Waals surface area contributed by atoms with Crippen LogP contribution in [0.4, 0.5) is 5.69 Å². The van der Waals surface area contributed by atoms with E-state index < -0.39 is 23.7 Å². The van der Waals surface area contributed by atoms with Crippen LogP contribution >= 0.6 is 27.3 Å². The Morgan fingerprint density at radius 2 is 1.71 bits per heavy atom. The Kier molecular flexibility index (Phi) is 5.75. The number of thiophene rings is 1. The smallest absolute Gasteiger partial charge is 0.307 e. The number of Topliss-reactive ketones (excluding diaryl/α,β-unsaturated/α-hetero) is 1. The van der Waals surface area contributed by atoms with E-state index in [1.807, 2.05) is 11.4 Å². The lowest BCUT2D eigenvalue weighted by atomic mass is 9.99. The lowest BCUT2D eigenvalue weighted by Crippen LogP contribution is -2.29. The molecule has 0 radical (unpaired) electrons. The summed E-state index contributed by atoms with van der Waals surface area (Å²) in [6.07, 6.45) is -0.144. The Morgan fingerprint density at radius 3 is 2.29 bits per heavy atom. The largest absolute Gasteiger partial charge is 0.507 e. The van der Waals surface area contributed by atoms with Crippen LogP contribution in [0.2, 0.25) is 0 Å². The van der Waals surface area contributed by atoms with Crippen molar-refractivity contribution >= 4 is 56.4 Å². The molecule has 6 nitrogen and oxygen atoms in total. The van der Waals surface area contributed by atoms with Gasteiger partial charge >= 0.3 is 5.97 Å². The molecule has 156 valence electrons. The zero-order chi connectivity index (χ0) is 22.1. The van der Waals surface area contributed by atoms with Crippen molar-refractivity contribution in [3.8, 4) is 0 Å². The van der Waals surface area contributed by atoms with Crippen molar-refractivity contribution in [2.75, 3.05) is 4.90 Å². The number of benzene rings is 2. The number of nitrogens with zero attached hydrogens (tertiary/aromatic N) is 1. The van der Waals surface area contributed by atoms with Crippen molar-refractivity contribution in [2.45, 2.75) is 12.5 Å². The molecule has 0 aliphatic carbocycles. The number of amides is 1. The van der Waals surface area contributed by atoms with Gasteiger partial charge in [-0.2, -0.15) is 0 Å². The van der Waals surface area contributed by atoms with Crippen LogP contribution < -0.4 is 4.90 Å². The summed E-state index contributed by atoms with van der Waals surface area (Å²) < 4.78 is 0.801. The van der Waals surface area contributed by atoms with Gasteiger partial charge in [-0.3, -0.25) is 19.3 Å². The summed E-state index contributed by atoms with van der Waals surface area (Å²) in [4.78, 5) is 39.1. The monoisotopic (exact) mass is 497 g/mol. The zero-order valence-corrected chi connectivity index (χ0v) is 18.4. The minimum Gasteiger partial charge on any atom is -0.507 e. The van der Waals surface area contributed by atoms with Crippen molar-refractivity contribution in [1.29, 1.82) is 0 Å². The summed E-state index contributed by atoms with van der Waals surface area (Å²) in [6.45, 7) is 0. The maximum atomic E-state index is 13.0. The molecule has 1 amide bonds. The summed E-state index contributed by atoms with van der Waals surface area (Å²) in [6, 6.07) is 16.1. The third-order valence-corrected chi connectivity index (χ3v) is 6.66. The second kappa shape index (κ2) is 8.49. The second-order valence-electron chi connectivity index (χ2n) is 6.94. The molecule has 0 unspecified atom stereocenters. The average Bonchev–Trinajstić information content (AvgIpc) is 3.29. The summed E-state index contributed by atoms with van der Waals surface area (Å²) in [5.41, 5.74) is 1.48. The highest BCUT2D eigenvalue weighted by Crippen LogP contribution is 2.44. The Bertz CT molecular complexity index is 1200. The highest BCUT2D eigenvalue weighted by molar-refractivity contribution is 9.10. The summed E-state index contributed by atoms with van der Waals surface area (Å²) in [5, 5.41) is 21.8. The Morgan fingerprint density at radius 1 is 1.03 bits per heavy atom. The van der Waals surface area contributed by atoms with Gasteiger partial charge in [-0.05, 0) is 39.7 Å². The third kappa shape index (κ3) is 4.04. The quantitative estimate of drug-likeness (QED) is 0.301. The molecule has 0 bridgehead atoms. The predicted molar refractivity (Wildman–Crippen MR) is 121 cm³/mol. The minimum absolute atomic E-state index is 0.0140. The van der Waals surface area contributed by atoms with E-state index in [0.29, 0.717) is 21.7 Å². The van der Waals surface area contributed by atoms with Gasteiger partial charge in [0.1, 0.15) is 11.8 Å². The number of halogens is 1. The van der Waals surface area contributed by atoms with Gasteiger partial charge < -0.3 is 10.2 Å². The normalized spacial score (nSPS) is 17.8. The number of carbonyl (C=O) groups excluding carboxylic acids is 2. The molecule has 1 saturated heterocycles. The highest BCUT2D eigenvalue weighted by atomic mass is 79.9. The van der Waals surface area contributed by atoms with Gasteiger partial charge in [-0.15, -0.1) is 11.3 Å². The van der Waals surface area contributed by atoms with Gasteiger partial charge in [0.25, 0.3) is 11.7 Å². The molecular formula is C23H16BrNO5S. The summed E-state index contributed by atoms with van der Waals surface area (Å²) >= 11 is 4.77. The first-order chi connectivity index (χ1) is 14.9. The lowest BCUT2D eigenvalue weighted by Gasteiger charge is -2.24. The number of aliphatic carboxylic acids is 1. The molecule has 1 atom stereocenters. The standard InChI is InChI=1S/C23H16BrNO5S/c24-15-11-17(31-12-15)20-19(21(28)14-4-2-1-3-5-14)22(29)23(30)25(20)16-8-6-13(7-9-16)10-18(26)27/h1-9,11-12,20,28H,10H2,(H,26,27)/t20-/m1/s1. The number of rotatable bonds is 5. The maximum absolute atomic E-state index is 13.0. The van der Waals surface area contributed by atoms with Gasteiger partial charge in [0, 0.05) is 26.0 Å². The number of hydrogen-bond acceptors (Lipinski definition) is 5. The SMILES string of the molecule is O=C(O)Cc1ccc(N2C(=O)C(=O)C(=C(O)c3ccccc3)[C@H]2c2cc(Br)cs2)cc1. The molecule has 2 N–H and O–H groups in total. The van der Waals surface area contributed by atoms with Crippen LogP contribution in [0.25, 0.3) is 5.76 Å². The second-order valence-corrected chi connectivity index (χ2v) is 8.80. The number of carboxylic acid groups (broad SMARTS) is 1. The van der Waals surface area contributed by atoms with Crippen molar-refractivity contribution in [1.82, 2.24) is 0 Å². The topological polar surface area (TPSA) is 94.9 Å². The molecular weight excluding hydrogens is 482 g/mol. The van der Waals surface area contributed by atoms with Crippen molar-refractivity contribution in [3.05, 3.63) is 92.1 Å². The van der Waals surface area contributed by atoms with E-state index in [9.17, 15) is 19.5 Å². The third-order valence-electron chi connectivity index (χ3n) is 4.92. The maximum Gasteiger partial charge on any atom is 0.307 e. The van der Waals surface area contributed by atoms with Crippen LogP contribution in [0.15, 0.2) is 76.1 Å². The fourth-order valence-corrected chi connectivity index (χ4v) is 5.08. The molecule has 31 heavy (non-hydrogen) atoms. The number of carbonyl (C=O) groups is 3. The minimum atomic E-state index is -0.959. The fourth-order valence-electron chi connectivity index (χ4n) is 3.54. The fraction of sp³-hybridized carbons (Fsp3) is 0.0870. The number of anilines is 1.